The summed E-state index contributed by atoms with van der Waals surface area (Å²) >= 11 is 0. The largest absolute Gasteiger partial charge is 0.479 e. The van der Waals surface area contributed by atoms with Gasteiger partial charge in [0.25, 0.3) is 0 Å². The molecule has 1 fully saturated rings. The van der Waals surface area contributed by atoms with E-state index in [0.29, 0.717) is 0 Å². The lowest BCUT2D eigenvalue weighted by Crippen LogP contribution is -2.47. The number of hydrogen-bond acceptors (Lipinski definition) is 2. The molecule has 4 nitrogen and oxygen atoms in total. The standard InChI is InChI=1S/C13H10F5NO3/c14-7-2-1-3-8(15)9(7)10(11(20)21)19(6-4-5-6)12(22)13(16,17)18/h1-3,6,10H,4-5H2,(H,20,21). The highest BCUT2D eigenvalue weighted by Gasteiger charge is 2.52. The highest BCUT2D eigenvalue weighted by Crippen LogP contribution is 2.39. The van der Waals surface area contributed by atoms with E-state index in [9.17, 15) is 31.5 Å². The number of carbonyl (C=O) groups excluding carboxylic acids is 1. The molecule has 0 heterocycles. The van der Waals surface area contributed by atoms with Gasteiger partial charge in [-0.1, -0.05) is 6.07 Å². The summed E-state index contributed by atoms with van der Waals surface area (Å²) in [6.07, 6.45) is -5.05. The normalized spacial score (nSPS) is 16.2. The number of carboxylic acids is 1. The first kappa shape index (κ1) is 16.2. The fraction of sp³-hybridized carbons (Fsp3) is 0.385. The Bertz CT molecular complexity index is 592. The van der Waals surface area contributed by atoms with Gasteiger partial charge in [0, 0.05) is 6.04 Å². The minimum Gasteiger partial charge on any atom is -0.479 e. The number of nitrogens with zero attached hydrogens (tertiary/aromatic N) is 1. The van der Waals surface area contributed by atoms with Crippen molar-refractivity contribution < 1.29 is 36.6 Å². The maximum atomic E-state index is 13.7. The lowest BCUT2D eigenvalue weighted by atomic mass is 10.0. The van der Waals surface area contributed by atoms with Gasteiger partial charge in [0.15, 0.2) is 6.04 Å². The molecule has 1 aromatic rings. The second-order valence-electron chi connectivity index (χ2n) is 4.82. The summed E-state index contributed by atoms with van der Waals surface area (Å²) in [5, 5.41) is 9.14. The molecule has 1 amide bonds. The van der Waals surface area contributed by atoms with Gasteiger partial charge in [-0.05, 0) is 25.0 Å². The van der Waals surface area contributed by atoms with Gasteiger partial charge in [-0.25, -0.2) is 13.6 Å². The molecular formula is C13H10F5NO3. The van der Waals surface area contributed by atoms with E-state index in [1.807, 2.05) is 0 Å². The molecule has 2 rings (SSSR count). The average Bonchev–Trinajstić information content (AvgIpc) is 3.19. The third-order valence-corrected chi connectivity index (χ3v) is 3.20. The van der Waals surface area contributed by atoms with E-state index in [0.717, 1.165) is 18.2 Å². The molecule has 1 aromatic carbocycles. The molecule has 1 N–H and O–H groups in total. The van der Waals surface area contributed by atoms with Crippen molar-refractivity contribution >= 4 is 11.9 Å². The summed E-state index contributed by atoms with van der Waals surface area (Å²) < 4.78 is 65.5. The number of halogens is 5. The second-order valence-corrected chi connectivity index (χ2v) is 4.82. The van der Waals surface area contributed by atoms with Crippen molar-refractivity contribution in [3.8, 4) is 0 Å². The molecule has 1 unspecified atom stereocenters. The Balaban J connectivity index is 2.54. The zero-order valence-corrected chi connectivity index (χ0v) is 10.9. The first-order valence-electron chi connectivity index (χ1n) is 6.20. The molecule has 1 atom stereocenters. The van der Waals surface area contributed by atoms with Crippen LogP contribution < -0.4 is 0 Å². The van der Waals surface area contributed by atoms with Crippen LogP contribution in [-0.2, 0) is 9.59 Å². The van der Waals surface area contributed by atoms with Crippen molar-refractivity contribution in [2.24, 2.45) is 0 Å². The first-order chi connectivity index (χ1) is 10.1. The molecule has 120 valence electrons. The fourth-order valence-electron chi connectivity index (χ4n) is 2.15. The number of hydrogen-bond donors (Lipinski definition) is 1. The van der Waals surface area contributed by atoms with Crippen LogP contribution in [-0.4, -0.2) is 34.1 Å². The Morgan fingerprint density at radius 1 is 1.18 bits per heavy atom. The molecule has 0 spiro atoms. The Morgan fingerprint density at radius 2 is 1.68 bits per heavy atom. The van der Waals surface area contributed by atoms with Gasteiger partial charge in [0.1, 0.15) is 11.6 Å². The summed E-state index contributed by atoms with van der Waals surface area (Å²) in [6.45, 7) is 0. The van der Waals surface area contributed by atoms with Gasteiger partial charge in [-0.2, -0.15) is 13.2 Å². The van der Waals surface area contributed by atoms with Gasteiger partial charge in [-0.15, -0.1) is 0 Å². The average molecular weight is 323 g/mol. The van der Waals surface area contributed by atoms with Gasteiger partial charge in [-0.3, -0.25) is 4.79 Å². The third-order valence-electron chi connectivity index (χ3n) is 3.20. The molecule has 0 aromatic heterocycles. The topological polar surface area (TPSA) is 57.6 Å². The van der Waals surface area contributed by atoms with Crippen molar-refractivity contribution in [2.45, 2.75) is 31.1 Å². The number of carboxylic acid groups (broad SMARTS) is 1. The lowest BCUT2D eigenvalue weighted by molar-refractivity contribution is -0.191. The number of carbonyl (C=O) groups is 2. The van der Waals surface area contributed by atoms with Crippen molar-refractivity contribution in [2.75, 3.05) is 0 Å². The van der Waals surface area contributed by atoms with Gasteiger partial charge < -0.3 is 10.0 Å². The number of alkyl halides is 3. The molecule has 1 aliphatic carbocycles. The number of rotatable bonds is 4. The highest BCUT2D eigenvalue weighted by atomic mass is 19.4. The molecule has 9 heteroatoms. The van der Waals surface area contributed by atoms with Crippen LogP contribution in [0, 0.1) is 11.6 Å². The van der Waals surface area contributed by atoms with Crippen LogP contribution in [0.25, 0.3) is 0 Å². The Labute approximate surface area is 121 Å². The van der Waals surface area contributed by atoms with E-state index in [1.165, 1.54) is 0 Å². The Kier molecular flexibility index (Phi) is 4.08. The Morgan fingerprint density at radius 3 is 2.05 bits per heavy atom. The highest BCUT2D eigenvalue weighted by molar-refractivity contribution is 5.88. The molecule has 1 saturated carbocycles. The van der Waals surface area contributed by atoms with E-state index in [-0.39, 0.29) is 17.7 Å². The zero-order valence-electron chi connectivity index (χ0n) is 10.9. The van der Waals surface area contributed by atoms with Crippen LogP contribution >= 0.6 is 0 Å². The van der Waals surface area contributed by atoms with Gasteiger partial charge >= 0.3 is 18.1 Å². The summed E-state index contributed by atoms with van der Waals surface area (Å²) in [4.78, 5) is 22.8. The van der Waals surface area contributed by atoms with Crippen LogP contribution in [0.2, 0.25) is 0 Å². The lowest BCUT2D eigenvalue weighted by Gasteiger charge is -2.30. The van der Waals surface area contributed by atoms with E-state index in [4.69, 9.17) is 5.11 Å². The van der Waals surface area contributed by atoms with Crippen LogP contribution in [0.5, 0.6) is 0 Å². The SMILES string of the molecule is O=C(O)C(c1c(F)cccc1F)N(C(=O)C(F)(F)F)C1CC1. The van der Waals surface area contributed by atoms with Crippen LogP contribution in [0.3, 0.4) is 0 Å². The third kappa shape index (κ3) is 3.02. The number of aliphatic carboxylic acids is 1. The van der Waals surface area contributed by atoms with Crippen molar-refractivity contribution in [1.29, 1.82) is 0 Å². The van der Waals surface area contributed by atoms with Crippen LogP contribution in [0.4, 0.5) is 22.0 Å². The summed E-state index contributed by atoms with van der Waals surface area (Å²) in [7, 11) is 0. The Hall–Kier alpha value is -2.19. The second kappa shape index (κ2) is 5.54. The summed E-state index contributed by atoms with van der Waals surface area (Å²) in [6, 6.07) is -0.994. The molecule has 22 heavy (non-hydrogen) atoms. The predicted molar refractivity (Wildman–Crippen MR) is 62.7 cm³/mol. The van der Waals surface area contributed by atoms with E-state index in [2.05, 4.69) is 0 Å². The zero-order chi connectivity index (χ0) is 16.7. The first-order valence-corrected chi connectivity index (χ1v) is 6.20. The number of benzene rings is 1. The van der Waals surface area contributed by atoms with Crippen LogP contribution in [0.1, 0.15) is 24.4 Å². The summed E-state index contributed by atoms with van der Waals surface area (Å²) in [5.74, 6) is -7.01. The quantitative estimate of drug-likeness (QED) is 0.867. The minimum atomic E-state index is -5.34. The van der Waals surface area contributed by atoms with Crippen molar-refractivity contribution in [3.05, 3.63) is 35.4 Å². The molecule has 0 bridgehead atoms. The van der Waals surface area contributed by atoms with Crippen molar-refractivity contribution in [1.82, 2.24) is 4.90 Å². The maximum Gasteiger partial charge on any atom is 0.471 e. The maximum absolute atomic E-state index is 13.7. The smallest absolute Gasteiger partial charge is 0.471 e. The monoisotopic (exact) mass is 323 g/mol. The van der Waals surface area contributed by atoms with E-state index >= 15 is 0 Å². The minimum absolute atomic E-state index is 0.00380. The summed E-state index contributed by atoms with van der Waals surface area (Å²) in [5.41, 5.74) is -1.08. The van der Waals surface area contributed by atoms with Crippen LogP contribution in [0.15, 0.2) is 18.2 Å². The van der Waals surface area contributed by atoms with Gasteiger partial charge in [0.05, 0.1) is 5.56 Å². The van der Waals surface area contributed by atoms with E-state index in [1.54, 1.807) is 0 Å². The number of amides is 1. The molecule has 1 aliphatic rings. The molecule has 0 aliphatic heterocycles. The fourth-order valence-corrected chi connectivity index (χ4v) is 2.15. The van der Waals surface area contributed by atoms with E-state index < -0.39 is 47.3 Å². The van der Waals surface area contributed by atoms with Crippen molar-refractivity contribution in [3.63, 3.8) is 0 Å². The molecule has 0 radical (unpaired) electrons. The predicted octanol–water partition coefficient (Wildman–Crippen LogP) is 2.64. The molecule has 0 saturated heterocycles. The molecular weight excluding hydrogens is 313 g/mol. The van der Waals surface area contributed by atoms with Gasteiger partial charge in [0.2, 0.25) is 0 Å².